The van der Waals surface area contributed by atoms with Crippen molar-refractivity contribution in [3.05, 3.63) is 16.7 Å². The molecule has 0 bridgehead atoms. The van der Waals surface area contributed by atoms with E-state index in [-0.39, 0.29) is 11.4 Å². The summed E-state index contributed by atoms with van der Waals surface area (Å²) in [6.45, 7) is 8.63. The number of H-pyrrole nitrogens is 1. The van der Waals surface area contributed by atoms with Crippen molar-refractivity contribution in [3.8, 4) is 0 Å². The molecule has 0 saturated carbocycles. The topological polar surface area (TPSA) is 49.8 Å². The third-order valence-electron chi connectivity index (χ3n) is 2.39. The molecule has 4 nitrogen and oxygen atoms in total. The van der Waals surface area contributed by atoms with Crippen molar-refractivity contribution in [2.24, 2.45) is 0 Å². The Labute approximate surface area is 107 Å². The normalized spacial score (nSPS) is 11.5. The van der Waals surface area contributed by atoms with Crippen LogP contribution < -0.4 is 5.32 Å². The van der Waals surface area contributed by atoms with Gasteiger partial charge in [0.15, 0.2) is 4.77 Å². The van der Waals surface area contributed by atoms with Crippen LogP contribution in [-0.4, -0.2) is 21.0 Å². The predicted octanol–water partition coefficient (Wildman–Crippen LogP) is 2.41. The summed E-state index contributed by atoms with van der Waals surface area (Å²) >= 11 is 5.18. The van der Waals surface area contributed by atoms with E-state index in [0.29, 0.717) is 17.7 Å². The number of hydrogen-bond acceptors (Lipinski definition) is 2. The summed E-state index contributed by atoms with van der Waals surface area (Å²) < 4.78 is 2.67. The minimum Gasteiger partial charge on any atom is -0.351 e. The van der Waals surface area contributed by atoms with Crippen molar-refractivity contribution in [2.45, 2.75) is 52.6 Å². The Balaban J connectivity index is 2.59. The van der Waals surface area contributed by atoms with E-state index in [2.05, 4.69) is 17.2 Å². The molecule has 0 aliphatic carbocycles. The Morgan fingerprint density at radius 2 is 2.18 bits per heavy atom. The second-order valence-electron chi connectivity index (χ2n) is 5.14. The molecule has 0 aromatic carbocycles. The van der Waals surface area contributed by atoms with Gasteiger partial charge in [-0.3, -0.25) is 4.79 Å². The zero-order chi connectivity index (χ0) is 13.1. The van der Waals surface area contributed by atoms with Crippen molar-refractivity contribution in [1.29, 1.82) is 0 Å². The number of nitrogens with one attached hydrogen (secondary N) is 2. The maximum atomic E-state index is 11.7. The SMILES string of the molecule is CCc1c[nH]c(=S)n1CCC(=O)NC(C)(C)C. The standard InChI is InChI=1S/C12H21N3OS/c1-5-9-8-13-11(17)15(9)7-6-10(16)14-12(2,3)4/h8H,5-7H2,1-4H3,(H,13,17)(H,14,16). The summed E-state index contributed by atoms with van der Waals surface area (Å²) in [6, 6.07) is 0. The smallest absolute Gasteiger partial charge is 0.222 e. The lowest BCUT2D eigenvalue weighted by Crippen LogP contribution is -2.40. The van der Waals surface area contributed by atoms with Crippen molar-refractivity contribution < 1.29 is 4.79 Å². The van der Waals surface area contributed by atoms with Gasteiger partial charge in [-0.25, -0.2) is 0 Å². The Kier molecular flexibility index (Phi) is 4.51. The molecule has 1 heterocycles. The number of nitrogens with zero attached hydrogens (tertiary/aromatic N) is 1. The lowest BCUT2D eigenvalue weighted by Gasteiger charge is -2.20. The van der Waals surface area contributed by atoms with E-state index in [9.17, 15) is 4.79 Å². The molecule has 2 N–H and O–H groups in total. The number of carbonyl (C=O) groups is 1. The van der Waals surface area contributed by atoms with Crippen LogP contribution in [0.25, 0.3) is 0 Å². The van der Waals surface area contributed by atoms with Crippen molar-refractivity contribution in [2.75, 3.05) is 0 Å². The first-order chi connectivity index (χ1) is 7.83. The zero-order valence-corrected chi connectivity index (χ0v) is 11.8. The minimum atomic E-state index is -0.176. The molecule has 96 valence electrons. The van der Waals surface area contributed by atoms with E-state index in [0.717, 1.165) is 12.1 Å². The summed E-state index contributed by atoms with van der Waals surface area (Å²) in [5, 5.41) is 2.94. The molecule has 0 saturated heterocycles. The van der Waals surface area contributed by atoms with Crippen LogP contribution in [0.5, 0.6) is 0 Å². The zero-order valence-electron chi connectivity index (χ0n) is 11.0. The van der Waals surface area contributed by atoms with Crippen LogP contribution in [0.3, 0.4) is 0 Å². The first-order valence-electron chi connectivity index (χ1n) is 5.91. The number of aromatic amines is 1. The fourth-order valence-corrected chi connectivity index (χ4v) is 1.93. The summed E-state index contributed by atoms with van der Waals surface area (Å²) in [4.78, 5) is 14.7. The van der Waals surface area contributed by atoms with Crippen molar-refractivity contribution in [1.82, 2.24) is 14.9 Å². The quantitative estimate of drug-likeness (QED) is 0.812. The molecule has 0 atom stereocenters. The highest BCUT2D eigenvalue weighted by molar-refractivity contribution is 7.71. The van der Waals surface area contributed by atoms with Gasteiger partial charge in [-0.05, 0) is 39.4 Å². The fraction of sp³-hybridized carbons (Fsp3) is 0.667. The third kappa shape index (κ3) is 4.34. The van der Waals surface area contributed by atoms with Gasteiger partial charge >= 0.3 is 0 Å². The highest BCUT2D eigenvalue weighted by Crippen LogP contribution is 2.05. The molecule has 0 unspecified atom stereocenters. The van der Waals surface area contributed by atoms with Gasteiger partial charge in [0.25, 0.3) is 0 Å². The largest absolute Gasteiger partial charge is 0.351 e. The van der Waals surface area contributed by atoms with Gasteiger partial charge < -0.3 is 14.9 Å². The molecule has 1 aromatic heterocycles. The molecule has 0 fully saturated rings. The van der Waals surface area contributed by atoms with Crippen molar-refractivity contribution >= 4 is 18.1 Å². The van der Waals surface area contributed by atoms with Crippen LogP contribution in [0.2, 0.25) is 0 Å². The Morgan fingerprint density at radius 3 is 2.71 bits per heavy atom. The average molecular weight is 255 g/mol. The Hall–Kier alpha value is -1.10. The lowest BCUT2D eigenvalue weighted by atomic mass is 10.1. The van der Waals surface area contributed by atoms with E-state index in [1.54, 1.807) is 0 Å². The summed E-state index contributed by atoms with van der Waals surface area (Å²) in [5.74, 6) is 0.0580. The van der Waals surface area contributed by atoms with Gasteiger partial charge in [-0.15, -0.1) is 0 Å². The average Bonchev–Trinajstić information content (AvgIpc) is 2.53. The van der Waals surface area contributed by atoms with Gasteiger partial charge in [0.1, 0.15) is 0 Å². The van der Waals surface area contributed by atoms with Gasteiger partial charge in [0, 0.05) is 30.4 Å². The van der Waals surface area contributed by atoms with Crippen LogP contribution >= 0.6 is 12.2 Å². The molecular weight excluding hydrogens is 234 g/mol. The predicted molar refractivity (Wildman–Crippen MR) is 71.5 cm³/mol. The number of hydrogen-bond donors (Lipinski definition) is 2. The molecule has 0 spiro atoms. The molecule has 0 aliphatic rings. The van der Waals surface area contributed by atoms with Crippen LogP contribution in [0.15, 0.2) is 6.20 Å². The van der Waals surface area contributed by atoms with E-state index < -0.39 is 0 Å². The fourth-order valence-electron chi connectivity index (χ4n) is 1.66. The summed E-state index contributed by atoms with van der Waals surface area (Å²) in [7, 11) is 0. The molecule has 1 amide bonds. The van der Waals surface area contributed by atoms with Crippen molar-refractivity contribution in [3.63, 3.8) is 0 Å². The highest BCUT2D eigenvalue weighted by Gasteiger charge is 2.13. The molecule has 17 heavy (non-hydrogen) atoms. The summed E-state index contributed by atoms with van der Waals surface area (Å²) in [6.07, 6.45) is 3.27. The highest BCUT2D eigenvalue weighted by atomic mass is 32.1. The second-order valence-corrected chi connectivity index (χ2v) is 5.53. The van der Waals surface area contributed by atoms with E-state index >= 15 is 0 Å². The van der Waals surface area contributed by atoms with Gasteiger partial charge in [0.05, 0.1) is 0 Å². The first-order valence-corrected chi connectivity index (χ1v) is 6.32. The number of rotatable bonds is 4. The van der Waals surface area contributed by atoms with E-state index in [1.165, 1.54) is 0 Å². The Morgan fingerprint density at radius 1 is 1.53 bits per heavy atom. The molecule has 1 aromatic rings. The molecule has 0 aliphatic heterocycles. The lowest BCUT2D eigenvalue weighted by molar-refractivity contribution is -0.122. The maximum Gasteiger partial charge on any atom is 0.222 e. The monoisotopic (exact) mass is 255 g/mol. The second kappa shape index (κ2) is 5.49. The van der Waals surface area contributed by atoms with Crippen LogP contribution in [-0.2, 0) is 17.8 Å². The van der Waals surface area contributed by atoms with E-state index in [1.807, 2.05) is 31.5 Å². The number of imidazole rings is 1. The number of aromatic nitrogens is 2. The van der Waals surface area contributed by atoms with Gasteiger partial charge in [-0.1, -0.05) is 6.92 Å². The van der Waals surface area contributed by atoms with Crippen LogP contribution in [0.1, 0.15) is 39.8 Å². The molecule has 1 rings (SSSR count). The summed E-state index contributed by atoms with van der Waals surface area (Å²) in [5.41, 5.74) is 0.961. The molecule has 5 heteroatoms. The number of amides is 1. The van der Waals surface area contributed by atoms with Gasteiger partial charge in [0.2, 0.25) is 5.91 Å². The van der Waals surface area contributed by atoms with Crippen LogP contribution in [0.4, 0.5) is 0 Å². The maximum absolute atomic E-state index is 11.7. The first kappa shape index (κ1) is 14.0. The molecule has 0 radical (unpaired) electrons. The van der Waals surface area contributed by atoms with Crippen LogP contribution in [0, 0.1) is 4.77 Å². The third-order valence-corrected chi connectivity index (χ3v) is 2.73. The minimum absolute atomic E-state index is 0.0580. The number of aryl methyl sites for hydroxylation is 1. The molecular formula is C12H21N3OS. The van der Waals surface area contributed by atoms with Gasteiger partial charge in [-0.2, -0.15) is 0 Å². The number of carbonyl (C=O) groups excluding carboxylic acids is 1. The Bertz CT molecular complexity index is 439. The van der Waals surface area contributed by atoms with E-state index in [4.69, 9.17) is 12.2 Å².